The van der Waals surface area contributed by atoms with Gasteiger partial charge in [-0.1, -0.05) is 0 Å². The Morgan fingerprint density at radius 2 is 2.00 bits per heavy atom. The summed E-state index contributed by atoms with van der Waals surface area (Å²) in [6.45, 7) is 4.72. The molecule has 0 aromatic carbocycles. The van der Waals surface area contributed by atoms with Crippen LogP contribution >= 0.6 is 0 Å². The molecule has 0 atom stereocenters. The molecule has 1 rings (SSSR count). The van der Waals surface area contributed by atoms with Gasteiger partial charge >= 0.3 is 5.97 Å². The Morgan fingerprint density at radius 1 is 1.41 bits per heavy atom. The minimum Gasteiger partial charge on any atom is -0.481 e. The van der Waals surface area contributed by atoms with Gasteiger partial charge in [0.15, 0.2) is 0 Å². The summed E-state index contributed by atoms with van der Waals surface area (Å²) in [5, 5.41) is 21.2. The van der Waals surface area contributed by atoms with Crippen LogP contribution in [0.1, 0.15) is 46.0 Å². The fourth-order valence-electron chi connectivity index (χ4n) is 2.19. The number of aliphatic carboxylic acids is 1. The van der Waals surface area contributed by atoms with Crippen LogP contribution in [0.4, 0.5) is 0 Å². The summed E-state index contributed by atoms with van der Waals surface area (Å²) in [5.74, 6) is -0.808. The van der Waals surface area contributed by atoms with Crippen molar-refractivity contribution in [1.82, 2.24) is 5.32 Å². The highest BCUT2D eigenvalue weighted by molar-refractivity contribution is 5.70. The smallest absolute Gasteiger partial charge is 0.306 e. The van der Waals surface area contributed by atoms with E-state index in [4.69, 9.17) is 10.4 Å². The fraction of sp³-hybridized carbons (Fsp3) is 0.846. The van der Waals surface area contributed by atoms with Gasteiger partial charge < -0.3 is 10.4 Å². The standard InChI is InChI=1S/C13H22N2O2/c1-13(2,9-14)7-8-15-11-5-3-10(4-6-11)12(16)17/h10-11,15H,3-8H2,1-2H3,(H,16,17). The summed E-state index contributed by atoms with van der Waals surface area (Å²) in [6, 6.07) is 2.71. The summed E-state index contributed by atoms with van der Waals surface area (Å²) in [7, 11) is 0. The lowest BCUT2D eigenvalue weighted by Gasteiger charge is -2.27. The van der Waals surface area contributed by atoms with Gasteiger partial charge in [0.1, 0.15) is 0 Å². The van der Waals surface area contributed by atoms with Crippen molar-refractivity contribution in [2.24, 2.45) is 11.3 Å². The Balaban J connectivity index is 2.19. The van der Waals surface area contributed by atoms with Gasteiger partial charge in [-0.2, -0.15) is 5.26 Å². The molecule has 0 unspecified atom stereocenters. The van der Waals surface area contributed by atoms with E-state index in [0.717, 1.165) is 38.6 Å². The van der Waals surface area contributed by atoms with Crippen molar-refractivity contribution in [3.63, 3.8) is 0 Å². The van der Waals surface area contributed by atoms with Gasteiger partial charge in [0.05, 0.1) is 17.4 Å². The molecular formula is C13H22N2O2. The van der Waals surface area contributed by atoms with E-state index in [9.17, 15) is 4.79 Å². The van der Waals surface area contributed by atoms with E-state index in [0.29, 0.717) is 6.04 Å². The first-order chi connectivity index (χ1) is 7.94. The second kappa shape index (κ2) is 6.02. The molecule has 0 bridgehead atoms. The second-order valence-corrected chi connectivity index (χ2v) is 5.59. The molecule has 4 nitrogen and oxygen atoms in total. The molecule has 1 fully saturated rings. The van der Waals surface area contributed by atoms with E-state index in [1.54, 1.807) is 0 Å². The third kappa shape index (κ3) is 4.74. The average molecular weight is 238 g/mol. The normalized spacial score (nSPS) is 25.2. The minimum absolute atomic E-state index is 0.149. The number of nitriles is 1. The van der Waals surface area contributed by atoms with E-state index in [2.05, 4.69) is 11.4 Å². The van der Waals surface area contributed by atoms with Crippen LogP contribution in [0.15, 0.2) is 0 Å². The maximum atomic E-state index is 10.8. The lowest BCUT2D eigenvalue weighted by atomic mass is 9.85. The average Bonchev–Trinajstić information content (AvgIpc) is 2.29. The highest BCUT2D eigenvalue weighted by atomic mass is 16.4. The lowest BCUT2D eigenvalue weighted by Crippen LogP contribution is -2.36. The highest BCUT2D eigenvalue weighted by Gasteiger charge is 2.26. The molecular weight excluding hydrogens is 216 g/mol. The molecule has 0 radical (unpaired) electrons. The van der Waals surface area contributed by atoms with Crippen molar-refractivity contribution < 1.29 is 9.90 Å². The third-order valence-electron chi connectivity index (χ3n) is 3.56. The topological polar surface area (TPSA) is 73.1 Å². The molecule has 0 aromatic rings. The number of carboxylic acid groups (broad SMARTS) is 1. The first-order valence-electron chi connectivity index (χ1n) is 6.32. The van der Waals surface area contributed by atoms with Gasteiger partial charge in [-0.05, 0) is 52.5 Å². The number of carbonyl (C=O) groups is 1. The van der Waals surface area contributed by atoms with Gasteiger partial charge in [0.25, 0.3) is 0 Å². The zero-order valence-electron chi connectivity index (χ0n) is 10.7. The molecule has 0 spiro atoms. The maximum absolute atomic E-state index is 10.8. The van der Waals surface area contributed by atoms with Crippen molar-refractivity contribution in [3.05, 3.63) is 0 Å². The van der Waals surface area contributed by atoms with Gasteiger partial charge in [0, 0.05) is 6.04 Å². The van der Waals surface area contributed by atoms with Crippen LogP contribution in [0, 0.1) is 22.7 Å². The zero-order valence-corrected chi connectivity index (χ0v) is 10.7. The molecule has 1 aliphatic carbocycles. The first kappa shape index (κ1) is 14.0. The van der Waals surface area contributed by atoms with Crippen molar-refractivity contribution in [3.8, 4) is 6.07 Å². The molecule has 2 N–H and O–H groups in total. The highest BCUT2D eigenvalue weighted by Crippen LogP contribution is 2.25. The number of carboxylic acids is 1. The molecule has 0 heterocycles. The Kier molecular flexibility index (Phi) is 4.95. The van der Waals surface area contributed by atoms with Crippen molar-refractivity contribution in [2.45, 2.75) is 52.0 Å². The largest absolute Gasteiger partial charge is 0.481 e. The zero-order chi connectivity index (χ0) is 12.9. The van der Waals surface area contributed by atoms with Crippen molar-refractivity contribution in [1.29, 1.82) is 5.26 Å². The van der Waals surface area contributed by atoms with Gasteiger partial charge in [-0.25, -0.2) is 0 Å². The molecule has 1 saturated carbocycles. The first-order valence-corrected chi connectivity index (χ1v) is 6.32. The maximum Gasteiger partial charge on any atom is 0.306 e. The SMILES string of the molecule is CC(C)(C#N)CCNC1CCC(C(=O)O)CC1. The van der Waals surface area contributed by atoms with E-state index in [1.807, 2.05) is 13.8 Å². The molecule has 0 amide bonds. The van der Waals surface area contributed by atoms with Crippen LogP contribution in [0.25, 0.3) is 0 Å². The van der Waals surface area contributed by atoms with Crippen LogP contribution in [0.3, 0.4) is 0 Å². The number of nitrogens with zero attached hydrogens (tertiary/aromatic N) is 1. The van der Waals surface area contributed by atoms with Gasteiger partial charge in [-0.3, -0.25) is 4.79 Å². The molecule has 17 heavy (non-hydrogen) atoms. The number of hydrogen-bond acceptors (Lipinski definition) is 3. The quantitative estimate of drug-likeness (QED) is 0.769. The molecule has 0 saturated heterocycles. The second-order valence-electron chi connectivity index (χ2n) is 5.59. The predicted molar refractivity (Wildman–Crippen MR) is 65.4 cm³/mol. The van der Waals surface area contributed by atoms with Crippen molar-refractivity contribution in [2.75, 3.05) is 6.54 Å². The van der Waals surface area contributed by atoms with Crippen LogP contribution in [-0.4, -0.2) is 23.7 Å². The molecule has 0 aliphatic heterocycles. The van der Waals surface area contributed by atoms with Crippen LogP contribution in [-0.2, 0) is 4.79 Å². The number of hydrogen-bond donors (Lipinski definition) is 2. The van der Waals surface area contributed by atoms with Crippen LogP contribution in [0.2, 0.25) is 0 Å². The molecule has 1 aliphatic rings. The molecule has 0 aromatic heterocycles. The van der Waals surface area contributed by atoms with Crippen LogP contribution < -0.4 is 5.32 Å². The summed E-state index contributed by atoms with van der Waals surface area (Å²) in [4.78, 5) is 10.8. The number of rotatable bonds is 5. The van der Waals surface area contributed by atoms with E-state index >= 15 is 0 Å². The number of nitrogens with one attached hydrogen (secondary N) is 1. The Bertz CT molecular complexity index is 299. The minimum atomic E-state index is -0.658. The predicted octanol–water partition coefficient (Wildman–Crippen LogP) is 2.16. The summed E-state index contributed by atoms with van der Waals surface area (Å²) in [6.07, 6.45) is 4.25. The summed E-state index contributed by atoms with van der Waals surface area (Å²) >= 11 is 0. The summed E-state index contributed by atoms with van der Waals surface area (Å²) < 4.78 is 0. The van der Waals surface area contributed by atoms with Gasteiger partial charge in [-0.15, -0.1) is 0 Å². The van der Waals surface area contributed by atoms with Crippen LogP contribution in [0.5, 0.6) is 0 Å². The Hall–Kier alpha value is -1.08. The molecule has 4 heteroatoms. The fourth-order valence-corrected chi connectivity index (χ4v) is 2.19. The Labute approximate surface area is 103 Å². The summed E-state index contributed by atoms with van der Waals surface area (Å²) in [5.41, 5.74) is -0.273. The van der Waals surface area contributed by atoms with Crippen molar-refractivity contribution >= 4 is 5.97 Å². The molecule has 96 valence electrons. The van der Waals surface area contributed by atoms with E-state index < -0.39 is 5.97 Å². The van der Waals surface area contributed by atoms with E-state index in [1.165, 1.54) is 0 Å². The van der Waals surface area contributed by atoms with Gasteiger partial charge in [0.2, 0.25) is 0 Å². The van der Waals surface area contributed by atoms with E-state index in [-0.39, 0.29) is 11.3 Å². The monoisotopic (exact) mass is 238 g/mol. The third-order valence-corrected chi connectivity index (χ3v) is 3.56. The Morgan fingerprint density at radius 3 is 2.47 bits per heavy atom. The lowest BCUT2D eigenvalue weighted by molar-refractivity contribution is -0.142.